The molecule has 7 nitrogen and oxygen atoms in total. The summed E-state index contributed by atoms with van der Waals surface area (Å²) >= 11 is 0.868. The van der Waals surface area contributed by atoms with Crippen LogP contribution in [0.1, 0.15) is 20.3 Å². The van der Waals surface area contributed by atoms with Crippen LogP contribution in [0.5, 0.6) is 0 Å². The maximum Gasteiger partial charge on any atom is 0.260 e. The molecule has 1 amide bonds. The number of sulfone groups is 1. The molecule has 9 heteroatoms. The van der Waals surface area contributed by atoms with E-state index >= 15 is 0 Å². The molecule has 2 heterocycles. The van der Waals surface area contributed by atoms with Crippen LogP contribution < -0.4 is 5.32 Å². The van der Waals surface area contributed by atoms with Crippen molar-refractivity contribution in [2.45, 2.75) is 25.4 Å². The zero-order chi connectivity index (χ0) is 14.1. The van der Waals surface area contributed by atoms with Gasteiger partial charge in [-0.2, -0.15) is 9.36 Å². The Balaban J connectivity index is 2.08. The number of nitrogens with zero attached hydrogens (tertiary/aromatic N) is 2. The standard InChI is InChI=1S/C10H15N3O4S2/c1-3-4-19(15,16)9-12-8(18-13-9)11-7(14)10(2)5-17-6-10/h3-6H2,1-2H3,(H,11,12,13,14). The minimum atomic E-state index is -3.44. The van der Waals surface area contributed by atoms with E-state index in [1.165, 1.54) is 0 Å². The second-order valence-corrected chi connectivity index (χ2v) is 7.46. The molecule has 0 atom stereocenters. The summed E-state index contributed by atoms with van der Waals surface area (Å²) in [6.45, 7) is 4.27. The van der Waals surface area contributed by atoms with Gasteiger partial charge in [0.1, 0.15) is 0 Å². The molecule has 1 fully saturated rings. The first kappa shape index (κ1) is 14.4. The molecular formula is C10H15N3O4S2. The number of aromatic nitrogens is 2. The molecule has 2 rings (SSSR count). The Bertz CT molecular complexity index is 577. The van der Waals surface area contributed by atoms with Crippen LogP contribution in [-0.4, -0.2) is 42.6 Å². The van der Waals surface area contributed by atoms with Crippen LogP contribution >= 0.6 is 11.5 Å². The Morgan fingerprint density at radius 3 is 2.74 bits per heavy atom. The Labute approximate surface area is 115 Å². The van der Waals surface area contributed by atoms with Gasteiger partial charge in [-0.3, -0.25) is 4.79 Å². The lowest BCUT2D eigenvalue weighted by Gasteiger charge is -2.35. The van der Waals surface area contributed by atoms with Gasteiger partial charge >= 0.3 is 0 Å². The third-order valence-electron chi connectivity index (χ3n) is 2.77. The number of hydrogen-bond donors (Lipinski definition) is 1. The van der Waals surface area contributed by atoms with E-state index in [1.807, 2.05) is 0 Å². The molecule has 0 aliphatic carbocycles. The molecule has 1 aromatic rings. The fraction of sp³-hybridized carbons (Fsp3) is 0.700. The molecule has 1 N–H and O–H groups in total. The smallest absolute Gasteiger partial charge is 0.260 e. The maximum atomic E-state index is 11.9. The molecule has 106 valence electrons. The quantitative estimate of drug-likeness (QED) is 0.859. The van der Waals surface area contributed by atoms with Crippen molar-refractivity contribution < 1.29 is 17.9 Å². The number of rotatable bonds is 5. The van der Waals surface area contributed by atoms with Crippen molar-refractivity contribution in [1.29, 1.82) is 0 Å². The van der Waals surface area contributed by atoms with E-state index in [-0.39, 0.29) is 21.9 Å². The van der Waals surface area contributed by atoms with E-state index in [9.17, 15) is 13.2 Å². The average Bonchev–Trinajstić information content (AvgIpc) is 2.75. The molecule has 1 saturated heterocycles. The number of hydrogen-bond acceptors (Lipinski definition) is 7. The van der Waals surface area contributed by atoms with Crippen molar-refractivity contribution in [3.8, 4) is 0 Å². The normalized spacial score (nSPS) is 17.8. The van der Waals surface area contributed by atoms with Crippen LogP contribution in [0, 0.1) is 5.41 Å². The first-order valence-electron chi connectivity index (χ1n) is 5.83. The van der Waals surface area contributed by atoms with E-state index in [0.717, 1.165) is 11.5 Å². The summed E-state index contributed by atoms with van der Waals surface area (Å²) in [5.74, 6) is -0.225. The Morgan fingerprint density at radius 1 is 1.53 bits per heavy atom. The topological polar surface area (TPSA) is 98.2 Å². The van der Waals surface area contributed by atoms with Gasteiger partial charge in [0.2, 0.25) is 20.9 Å². The van der Waals surface area contributed by atoms with Crippen LogP contribution in [0.15, 0.2) is 5.16 Å². The lowest BCUT2D eigenvalue weighted by molar-refractivity contribution is -0.151. The van der Waals surface area contributed by atoms with Gasteiger partial charge in [-0.1, -0.05) is 6.92 Å². The number of amides is 1. The third kappa shape index (κ3) is 2.93. The summed E-state index contributed by atoms with van der Waals surface area (Å²) in [5.41, 5.74) is -0.561. The largest absolute Gasteiger partial charge is 0.379 e. The number of carbonyl (C=O) groups excluding carboxylic acids is 1. The Kier molecular flexibility index (Phi) is 3.88. The molecule has 19 heavy (non-hydrogen) atoms. The zero-order valence-electron chi connectivity index (χ0n) is 10.7. The molecule has 1 aliphatic rings. The zero-order valence-corrected chi connectivity index (χ0v) is 12.3. The SMILES string of the molecule is CCCS(=O)(=O)c1nsc(NC(=O)C2(C)COC2)n1. The highest BCUT2D eigenvalue weighted by molar-refractivity contribution is 7.91. The number of nitrogens with one attached hydrogen (secondary N) is 1. The minimum Gasteiger partial charge on any atom is -0.379 e. The maximum absolute atomic E-state index is 11.9. The van der Waals surface area contributed by atoms with Crippen molar-refractivity contribution in [2.24, 2.45) is 5.41 Å². The van der Waals surface area contributed by atoms with Gasteiger partial charge in [0.15, 0.2) is 0 Å². The summed E-state index contributed by atoms with van der Waals surface area (Å²) in [6.07, 6.45) is 0.499. The van der Waals surface area contributed by atoms with Crippen molar-refractivity contribution in [3.05, 3.63) is 0 Å². The molecular weight excluding hydrogens is 290 g/mol. The van der Waals surface area contributed by atoms with Crippen LogP contribution in [-0.2, 0) is 19.4 Å². The second kappa shape index (κ2) is 5.14. The molecule has 1 aliphatic heterocycles. The molecule has 0 spiro atoms. The number of ether oxygens (including phenoxy) is 1. The van der Waals surface area contributed by atoms with Gasteiger partial charge in [-0.25, -0.2) is 8.42 Å². The first-order chi connectivity index (χ1) is 8.87. The van der Waals surface area contributed by atoms with E-state index in [2.05, 4.69) is 14.7 Å². The Hall–Kier alpha value is -1.06. The number of anilines is 1. The van der Waals surface area contributed by atoms with Crippen molar-refractivity contribution in [1.82, 2.24) is 9.36 Å². The van der Waals surface area contributed by atoms with Gasteiger partial charge < -0.3 is 10.1 Å². The van der Waals surface area contributed by atoms with Gasteiger partial charge in [-0.15, -0.1) is 0 Å². The van der Waals surface area contributed by atoms with Gasteiger partial charge in [0, 0.05) is 11.5 Å². The summed E-state index contributed by atoms with van der Waals surface area (Å²) < 4.78 is 32.3. The highest BCUT2D eigenvalue weighted by atomic mass is 32.2. The van der Waals surface area contributed by atoms with Crippen LogP contribution in [0.3, 0.4) is 0 Å². The molecule has 1 aromatic heterocycles. The first-order valence-corrected chi connectivity index (χ1v) is 8.26. The van der Waals surface area contributed by atoms with E-state index in [4.69, 9.17) is 4.74 Å². The van der Waals surface area contributed by atoms with Gasteiger partial charge in [0.25, 0.3) is 5.16 Å². The molecule has 0 aromatic carbocycles. The second-order valence-electron chi connectivity index (χ2n) is 4.71. The predicted octanol–water partition coefficient (Wildman–Crippen LogP) is 0.697. The van der Waals surface area contributed by atoms with E-state index in [1.54, 1.807) is 13.8 Å². The summed E-state index contributed by atoms with van der Waals surface area (Å²) in [6, 6.07) is 0. The van der Waals surface area contributed by atoms with Crippen molar-refractivity contribution >= 4 is 32.4 Å². The highest BCUT2D eigenvalue weighted by Gasteiger charge is 2.41. The van der Waals surface area contributed by atoms with Crippen molar-refractivity contribution in [3.63, 3.8) is 0 Å². The van der Waals surface area contributed by atoms with Gasteiger partial charge in [-0.05, 0) is 13.3 Å². The Morgan fingerprint density at radius 2 is 2.21 bits per heavy atom. The van der Waals surface area contributed by atoms with Gasteiger partial charge in [0.05, 0.1) is 24.4 Å². The fourth-order valence-electron chi connectivity index (χ4n) is 1.53. The van der Waals surface area contributed by atoms with Crippen LogP contribution in [0.25, 0.3) is 0 Å². The number of carbonyl (C=O) groups is 1. The summed E-state index contributed by atoms with van der Waals surface area (Å²) in [4.78, 5) is 15.8. The fourth-order valence-corrected chi connectivity index (χ4v) is 3.58. The third-order valence-corrected chi connectivity index (χ3v) is 5.20. The molecule has 0 radical (unpaired) electrons. The summed E-state index contributed by atoms with van der Waals surface area (Å²) in [5, 5.41) is 2.56. The van der Waals surface area contributed by atoms with Crippen molar-refractivity contribution in [2.75, 3.05) is 24.3 Å². The van der Waals surface area contributed by atoms with E-state index in [0.29, 0.717) is 19.6 Å². The van der Waals surface area contributed by atoms with E-state index < -0.39 is 15.3 Å². The monoisotopic (exact) mass is 305 g/mol. The minimum absolute atomic E-state index is 0.00265. The average molecular weight is 305 g/mol. The molecule has 0 bridgehead atoms. The molecule has 0 unspecified atom stereocenters. The lowest BCUT2D eigenvalue weighted by Crippen LogP contribution is -2.49. The molecule has 0 saturated carbocycles. The lowest BCUT2D eigenvalue weighted by atomic mass is 9.88. The summed E-state index contributed by atoms with van der Waals surface area (Å²) in [7, 11) is -3.44. The highest BCUT2D eigenvalue weighted by Crippen LogP contribution is 2.28. The van der Waals surface area contributed by atoms with Crippen LogP contribution in [0.2, 0.25) is 0 Å². The predicted molar refractivity (Wildman–Crippen MR) is 69.8 cm³/mol. The van der Waals surface area contributed by atoms with Crippen LogP contribution in [0.4, 0.5) is 5.13 Å².